The molecule has 0 aromatic heterocycles. The zero-order chi connectivity index (χ0) is 10.8. The summed E-state index contributed by atoms with van der Waals surface area (Å²) in [7, 11) is 0. The zero-order valence-electron chi connectivity index (χ0n) is 10.8. The summed E-state index contributed by atoms with van der Waals surface area (Å²) in [5.74, 6) is 0.960. The predicted molar refractivity (Wildman–Crippen MR) is 64.4 cm³/mol. The van der Waals surface area contributed by atoms with Crippen molar-refractivity contribution in [1.82, 2.24) is 0 Å². The van der Waals surface area contributed by atoms with Crippen molar-refractivity contribution < 1.29 is 36.6 Å². The Hall–Kier alpha value is -0.0266. The molecular formula is C14H21ClOZn-. The number of unbranched alkanes of at least 4 members (excludes halogenated alkanes) is 5. The summed E-state index contributed by atoms with van der Waals surface area (Å²) in [4.78, 5) is 0. The molecule has 0 saturated heterocycles. The second kappa shape index (κ2) is 14.0. The molecule has 0 aliphatic heterocycles. The molecule has 0 spiro atoms. The van der Waals surface area contributed by atoms with E-state index >= 15 is 0 Å². The van der Waals surface area contributed by atoms with Gasteiger partial charge in [-0.25, -0.2) is 0 Å². The smallest absolute Gasteiger partial charge is 0.105 e. The maximum Gasteiger partial charge on any atom is 0.105 e. The minimum atomic E-state index is 0. The summed E-state index contributed by atoms with van der Waals surface area (Å²) in [6.45, 7) is 3.09. The van der Waals surface area contributed by atoms with Crippen LogP contribution in [0.2, 0.25) is 0 Å². The van der Waals surface area contributed by atoms with Gasteiger partial charge in [-0.3, -0.25) is 0 Å². The number of rotatable bonds is 8. The van der Waals surface area contributed by atoms with E-state index in [1.807, 2.05) is 24.6 Å². The van der Waals surface area contributed by atoms with Crippen molar-refractivity contribution in [3.8, 4) is 0 Å². The second-order valence-corrected chi connectivity index (χ2v) is 3.85. The Balaban J connectivity index is 0. The van der Waals surface area contributed by atoms with Gasteiger partial charge in [-0.05, 0) is 24.6 Å². The SMILES string of the molecule is CCCCCCCCOC1=CC=C=C[CH]1.[Cl-].[Zn]. The van der Waals surface area contributed by atoms with Gasteiger partial charge in [-0.15, -0.1) is 5.73 Å². The van der Waals surface area contributed by atoms with E-state index in [0.29, 0.717) is 0 Å². The van der Waals surface area contributed by atoms with Crippen LogP contribution in [0.25, 0.3) is 0 Å². The minimum absolute atomic E-state index is 0. The van der Waals surface area contributed by atoms with E-state index < -0.39 is 0 Å². The van der Waals surface area contributed by atoms with Crippen LogP contribution in [0.4, 0.5) is 0 Å². The maximum atomic E-state index is 5.59. The van der Waals surface area contributed by atoms with Gasteiger partial charge < -0.3 is 17.1 Å². The topological polar surface area (TPSA) is 9.23 Å². The van der Waals surface area contributed by atoms with E-state index in [1.54, 1.807) is 0 Å². The molecule has 0 aromatic carbocycles. The summed E-state index contributed by atoms with van der Waals surface area (Å²) < 4.78 is 5.59. The summed E-state index contributed by atoms with van der Waals surface area (Å²) in [6, 6.07) is 0. The fraction of sp³-hybridized carbons (Fsp3) is 0.571. The molecule has 0 heterocycles. The number of halogens is 1. The molecule has 93 valence electrons. The zero-order valence-corrected chi connectivity index (χ0v) is 14.5. The van der Waals surface area contributed by atoms with Gasteiger partial charge in [-0.2, -0.15) is 0 Å². The molecule has 0 bridgehead atoms. The Morgan fingerprint density at radius 1 is 1.06 bits per heavy atom. The van der Waals surface area contributed by atoms with Crippen molar-refractivity contribution in [2.45, 2.75) is 45.4 Å². The van der Waals surface area contributed by atoms with E-state index in [2.05, 4.69) is 12.7 Å². The summed E-state index contributed by atoms with van der Waals surface area (Å²) in [5, 5.41) is 0. The molecule has 17 heavy (non-hydrogen) atoms. The van der Waals surface area contributed by atoms with Gasteiger partial charge in [0.1, 0.15) is 5.76 Å². The molecular weight excluding hydrogens is 285 g/mol. The van der Waals surface area contributed by atoms with Gasteiger partial charge in [0.05, 0.1) is 13.0 Å². The Morgan fingerprint density at radius 2 is 1.76 bits per heavy atom. The average molecular weight is 306 g/mol. The summed E-state index contributed by atoms with van der Waals surface area (Å²) in [5.41, 5.74) is 2.98. The van der Waals surface area contributed by atoms with Gasteiger partial charge in [0.2, 0.25) is 0 Å². The Morgan fingerprint density at radius 3 is 2.41 bits per heavy atom. The molecule has 1 aliphatic rings. The quantitative estimate of drug-likeness (QED) is 0.372. The van der Waals surface area contributed by atoms with Crippen molar-refractivity contribution >= 4 is 0 Å². The first-order valence-corrected chi connectivity index (χ1v) is 6.02. The van der Waals surface area contributed by atoms with Crippen molar-refractivity contribution in [3.63, 3.8) is 0 Å². The van der Waals surface area contributed by atoms with Gasteiger partial charge in [0, 0.05) is 19.5 Å². The van der Waals surface area contributed by atoms with Crippen molar-refractivity contribution in [2.75, 3.05) is 6.61 Å². The third-order valence-electron chi connectivity index (χ3n) is 2.45. The monoisotopic (exact) mass is 304 g/mol. The van der Waals surface area contributed by atoms with E-state index in [1.165, 1.54) is 38.5 Å². The first kappa shape index (κ1) is 19.3. The Kier molecular flexibility index (Phi) is 15.9. The second-order valence-electron chi connectivity index (χ2n) is 3.85. The molecule has 0 amide bonds. The normalized spacial score (nSPS) is 12.4. The summed E-state index contributed by atoms with van der Waals surface area (Å²) >= 11 is 0. The molecule has 1 radical (unpaired) electrons. The first-order chi connectivity index (χ1) is 7.43. The molecule has 0 N–H and O–H groups in total. The van der Waals surface area contributed by atoms with Crippen molar-refractivity contribution in [3.05, 3.63) is 36.1 Å². The predicted octanol–water partition coefficient (Wildman–Crippen LogP) is 1.18. The van der Waals surface area contributed by atoms with Gasteiger partial charge in [0.15, 0.2) is 0 Å². The van der Waals surface area contributed by atoms with E-state index in [4.69, 9.17) is 4.74 Å². The number of ether oxygens (including phenoxy) is 1. The van der Waals surface area contributed by atoms with E-state index in [9.17, 15) is 0 Å². The molecule has 3 heteroatoms. The fourth-order valence-electron chi connectivity index (χ4n) is 1.54. The summed E-state index contributed by atoms with van der Waals surface area (Å²) in [6.07, 6.45) is 15.5. The molecule has 0 unspecified atom stereocenters. The van der Waals surface area contributed by atoms with Crippen molar-refractivity contribution in [2.24, 2.45) is 0 Å². The third-order valence-corrected chi connectivity index (χ3v) is 2.45. The van der Waals surface area contributed by atoms with Crippen LogP contribution < -0.4 is 12.4 Å². The van der Waals surface area contributed by atoms with Crippen LogP contribution in [0.1, 0.15) is 45.4 Å². The molecule has 0 atom stereocenters. The molecule has 1 rings (SSSR count). The largest absolute Gasteiger partial charge is 1.00 e. The van der Waals surface area contributed by atoms with Crippen LogP contribution in [0.15, 0.2) is 29.7 Å². The average Bonchev–Trinajstić information content (AvgIpc) is 2.29. The van der Waals surface area contributed by atoms with Crippen LogP contribution in [0.3, 0.4) is 0 Å². The maximum absolute atomic E-state index is 5.59. The Bertz CT molecular complexity index is 255. The van der Waals surface area contributed by atoms with Gasteiger partial charge in [0.25, 0.3) is 0 Å². The molecule has 0 aromatic rings. The van der Waals surface area contributed by atoms with Crippen LogP contribution in [-0.4, -0.2) is 6.61 Å². The number of hydrogen-bond acceptors (Lipinski definition) is 1. The van der Waals surface area contributed by atoms with Crippen LogP contribution >= 0.6 is 0 Å². The minimum Gasteiger partial charge on any atom is -1.00 e. The number of hydrogen-bond donors (Lipinski definition) is 0. The van der Waals surface area contributed by atoms with Crippen LogP contribution in [-0.2, 0) is 24.2 Å². The molecule has 0 fully saturated rings. The van der Waals surface area contributed by atoms with E-state index in [0.717, 1.165) is 12.4 Å². The van der Waals surface area contributed by atoms with Gasteiger partial charge >= 0.3 is 0 Å². The van der Waals surface area contributed by atoms with Gasteiger partial charge in [-0.1, -0.05) is 39.0 Å². The first-order valence-electron chi connectivity index (χ1n) is 6.02. The standard InChI is InChI=1S/C14H21O.ClH.Zn/c1-2-3-4-5-6-10-13-15-14-11-8-7-9-12-14;;/h8-9,11-12H,2-6,10,13H2,1H3;1H;/p-1. The fourth-order valence-corrected chi connectivity index (χ4v) is 1.54. The molecule has 0 saturated carbocycles. The molecule has 1 aliphatic carbocycles. The van der Waals surface area contributed by atoms with E-state index in [-0.39, 0.29) is 31.9 Å². The van der Waals surface area contributed by atoms with Crippen LogP contribution in [0.5, 0.6) is 0 Å². The Labute approximate surface area is 125 Å². The van der Waals surface area contributed by atoms with Crippen molar-refractivity contribution in [1.29, 1.82) is 0 Å². The number of allylic oxidation sites excluding steroid dienone is 2. The van der Waals surface area contributed by atoms with Crippen LogP contribution in [0, 0.1) is 6.42 Å². The third kappa shape index (κ3) is 10.8. The molecule has 1 nitrogen and oxygen atoms in total.